The topological polar surface area (TPSA) is 178 Å². The molecule has 0 aliphatic rings. The highest BCUT2D eigenvalue weighted by atomic mass is 16.4. The fourth-order valence-corrected chi connectivity index (χ4v) is 1.26. The second-order valence-electron chi connectivity index (χ2n) is 4.17. The van der Waals surface area contributed by atoms with E-state index < -0.39 is 12.0 Å². The number of hydrogen-bond acceptors (Lipinski definition) is 4. The number of benzene rings is 1. The maximum absolute atomic E-state index is 10.2. The molecule has 0 aliphatic carbocycles. The zero-order valence-corrected chi connectivity index (χ0v) is 11.7. The van der Waals surface area contributed by atoms with E-state index in [2.05, 4.69) is 4.99 Å². The Kier molecular flexibility index (Phi) is 8.94. The first-order valence-electron chi connectivity index (χ1n) is 6.27. The van der Waals surface area contributed by atoms with Crippen LogP contribution in [0.1, 0.15) is 18.4 Å². The van der Waals surface area contributed by atoms with Gasteiger partial charge in [-0.25, -0.2) is 0 Å². The van der Waals surface area contributed by atoms with Gasteiger partial charge in [-0.1, -0.05) is 30.3 Å². The lowest BCUT2D eigenvalue weighted by Crippen LogP contribution is -2.30. The minimum absolute atomic E-state index is 0.0129. The van der Waals surface area contributed by atoms with Crippen LogP contribution in [-0.4, -0.2) is 35.5 Å². The molecule has 0 bridgehead atoms. The van der Waals surface area contributed by atoms with Gasteiger partial charge in [0, 0.05) is 12.1 Å². The molecule has 0 amide bonds. The van der Waals surface area contributed by atoms with Crippen molar-refractivity contribution in [3.05, 3.63) is 35.9 Å². The third-order valence-corrected chi connectivity index (χ3v) is 2.37. The van der Waals surface area contributed by atoms with Crippen molar-refractivity contribution in [1.82, 2.24) is 0 Å². The number of hydrogen-bond donors (Lipinski definition) is 6. The highest BCUT2D eigenvalue weighted by Gasteiger charge is 2.09. The summed E-state index contributed by atoms with van der Waals surface area (Å²) in [5.74, 6) is -0.866. The summed E-state index contributed by atoms with van der Waals surface area (Å²) >= 11 is 0. The number of nitrogens with two attached hydrogens (primary N) is 4. The lowest BCUT2D eigenvalue weighted by Gasteiger charge is -2.03. The number of aliphatic imine (C=N–C) groups is 1. The molecule has 1 unspecified atom stereocenters. The number of carbonyl (C=O) groups is 1. The summed E-state index contributed by atoms with van der Waals surface area (Å²) in [6.45, 7) is 0.420. The SMILES string of the molecule is N=C(N)c1ccccc1.NC(N)=NCCCC(N)C(=O)O. The number of nitrogens with zero attached hydrogens (tertiary/aromatic N) is 1. The summed E-state index contributed by atoms with van der Waals surface area (Å²) in [6, 6.07) is 8.41. The van der Waals surface area contributed by atoms with Crippen molar-refractivity contribution in [3.63, 3.8) is 0 Å². The van der Waals surface area contributed by atoms with Crippen LogP contribution in [0.2, 0.25) is 0 Å². The Labute approximate surface area is 123 Å². The number of amidine groups is 1. The molecule has 8 nitrogen and oxygen atoms in total. The van der Waals surface area contributed by atoms with Gasteiger partial charge in [0.2, 0.25) is 0 Å². The van der Waals surface area contributed by atoms with Crippen LogP contribution in [0.4, 0.5) is 0 Å². The Morgan fingerprint density at radius 2 is 1.81 bits per heavy atom. The summed E-state index contributed by atoms with van der Waals surface area (Å²) < 4.78 is 0. The predicted octanol–water partition coefficient (Wildman–Crippen LogP) is -0.577. The molecule has 0 heterocycles. The minimum Gasteiger partial charge on any atom is -0.480 e. The number of carboxylic acid groups (broad SMARTS) is 1. The van der Waals surface area contributed by atoms with E-state index in [4.69, 9.17) is 33.5 Å². The quantitative estimate of drug-likeness (QED) is 0.232. The Balaban J connectivity index is 0.000000394. The van der Waals surface area contributed by atoms with Gasteiger partial charge < -0.3 is 28.0 Å². The average Bonchev–Trinajstić information content (AvgIpc) is 2.44. The van der Waals surface area contributed by atoms with E-state index in [0.717, 1.165) is 5.56 Å². The molecule has 0 fully saturated rings. The number of aliphatic carboxylic acids is 1. The molecule has 10 N–H and O–H groups in total. The van der Waals surface area contributed by atoms with Crippen LogP contribution in [0.5, 0.6) is 0 Å². The molecule has 116 valence electrons. The van der Waals surface area contributed by atoms with Gasteiger partial charge in [0.1, 0.15) is 11.9 Å². The van der Waals surface area contributed by atoms with Gasteiger partial charge in [0.15, 0.2) is 5.96 Å². The Hall–Kier alpha value is -2.61. The van der Waals surface area contributed by atoms with E-state index in [1.165, 1.54) is 0 Å². The molecule has 0 saturated heterocycles. The number of rotatable bonds is 6. The summed E-state index contributed by atoms with van der Waals surface area (Å²) in [6.07, 6.45) is 0.956. The van der Waals surface area contributed by atoms with Crippen molar-refractivity contribution in [2.24, 2.45) is 27.9 Å². The van der Waals surface area contributed by atoms with Crippen LogP contribution in [0, 0.1) is 5.41 Å². The summed E-state index contributed by atoms with van der Waals surface area (Å²) in [7, 11) is 0. The average molecular weight is 294 g/mol. The highest BCUT2D eigenvalue weighted by molar-refractivity contribution is 5.94. The molecule has 1 aromatic rings. The molecule has 0 aliphatic heterocycles. The summed E-state index contributed by atoms with van der Waals surface area (Å²) in [5, 5.41) is 15.4. The zero-order chi connectivity index (χ0) is 16.3. The van der Waals surface area contributed by atoms with E-state index in [1.54, 1.807) is 0 Å². The predicted molar refractivity (Wildman–Crippen MR) is 83.0 cm³/mol. The third kappa shape index (κ3) is 9.91. The molecule has 1 rings (SSSR count). The van der Waals surface area contributed by atoms with Gasteiger partial charge in [0.05, 0.1) is 0 Å². The van der Waals surface area contributed by atoms with Crippen LogP contribution in [0.15, 0.2) is 35.3 Å². The minimum atomic E-state index is -1.00. The van der Waals surface area contributed by atoms with Gasteiger partial charge in [-0.2, -0.15) is 0 Å². The second kappa shape index (κ2) is 10.2. The van der Waals surface area contributed by atoms with Crippen LogP contribution in [0.25, 0.3) is 0 Å². The molecular weight excluding hydrogens is 272 g/mol. The molecule has 0 spiro atoms. The molecule has 8 heteroatoms. The van der Waals surface area contributed by atoms with E-state index in [-0.39, 0.29) is 11.8 Å². The number of nitrogen functional groups attached to an aromatic ring is 1. The monoisotopic (exact) mass is 294 g/mol. The fourth-order valence-electron chi connectivity index (χ4n) is 1.26. The van der Waals surface area contributed by atoms with E-state index in [9.17, 15) is 4.79 Å². The maximum Gasteiger partial charge on any atom is 0.320 e. The van der Waals surface area contributed by atoms with Crippen molar-refractivity contribution in [3.8, 4) is 0 Å². The molecule has 1 aromatic carbocycles. The molecule has 0 saturated carbocycles. The van der Waals surface area contributed by atoms with Crippen molar-refractivity contribution in [2.75, 3.05) is 6.54 Å². The number of carboxylic acids is 1. The highest BCUT2D eigenvalue weighted by Crippen LogP contribution is 1.95. The smallest absolute Gasteiger partial charge is 0.320 e. The largest absolute Gasteiger partial charge is 0.480 e. The van der Waals surface area contributed by atoms with Crippen LogP contribution in [0.3, 0.4) is 0 Å². The van der Waals surface area contributed by atoms with Crippen LogP contribution >= 0.6 is 0 Å². The first kappa shape index (κ1) is 18.4. The Bertz CT molecular complexity index is 471. The molecule has 1 atom stereocenters. The zero-order valence-electron chi connectivity index (χ0n) is 11.7. The van der Waals surface area contributed by atoms with Crippen molar-refractivity contribution in [2.45, 2.75) is 18.9 Å². The second-order valence-corrected chi connectivity index (χ2v) is 4.17. The fraction of sp³-hybridized carbons (Fsp3) is 0.308. The molecular formula is C13H22N6O2. The first-order chi connectivity index (χ1) is 9.84. The van der Waals surface area contributed by atoms with Gasteiger partial charge >= 0.3 is 5.97 Å². The maximum atomic E-state index is 10.2. The molecule has 0 radical (unpaired) electrons. The van der Waals surface area contributed by atoms with E-state index in [0.29, 0.717) is 19.4 Å². The molecule has 21 heavy (non-hydrogen) atoms. The van der Waals surface area contributed by atoms with E-state index >= 15 is 0 Å². The third-order valence-electron chi connectivity index (χ3n) is 2.37. The van der Waals surface area contributed by atoms with Crippen molar-refractivity contribution < 1.29 is 9.90 Å². The Morgan fingerprint density at radius 1 is 1.24 bits per heavy atom. The Morgan fingerprint density at radius 3 is 2.19 bits per heavy atom. The van der Waals surface area contributed by atoms with E-state index in [1.807, 2.05) is 30.3 Å². The lowest BCUT2D eigenvalue weighted by molar-refractivity contribution is -0.138. The molecule has 0 aromatic heterocycles. The van der Waals surface area contributed by atoms with Crippen LogP contribution in [-0.2, 0) is 4.79 Å². The number of nitrogens with one attached hydrogen (secondary N) is 1. The van der Waals surface area contributed by atoms with Crippen molar-refractivity contribution in [1.29, 1.82) is 5.41 Å². The summed E-state index contributed by atoms with van der Waals surface area (Å²) in [5.41, 5.74) is 21.3. The lowest BCUT2D eigenvalue weighted by atomic mass is 10.2. The van der Waals surface area contributed by atoms with Gasteiger partial charge in [-0.3, -0.25) is 15.2 Å². The standard InChI is InChI=1S/C7H8N2.C6H14N4O2/c8-7(9)6-4-2-1-3-5-6;7-4(5(11)12)2-1-3-10-6(8)9/h1-5H,(H3,8,9);4H,1-3,7H2,(H,11,12)(H4,8,9,10). The van der Waals surface area contributed by atoms with Crippen LogP contribution < -0.4 is 22.9 Å². The summed E-state index contributed by atoms with van der Waals surface area (Å²) in [4.78, 5) is 13.9. The van der Waals surface area contributed by atoms with Crippen molar-refractivity contribution >= 4 is 17.8 Å². The normalized spacial score (nSPS) is 10.7. The van der Waals surface area contributed by atoms with Gasteiger partial charge in [0.25, 0.3) is 0 Å². The first-order valence-corrected chi connectivity index (χ1v) is 6.27. The van der Waals surface area contributed by atoms with Gasteiger partial charge in [-0.05, 0) is 12.8 Å². The van der Waals surface area contributed by atoms with Gasteiger partial charge in [-0.15, -0.1) is 0 Å². The number of guanidine groups is 1.